The van der Waals surface area contributed by atoms with E-state index in [2.05, 4.69) is 115 Å². The number of hydrogen-bond acceptors (Lipinski definition) is 5. The molecule has 0 saturated heterocycles. The van der Waals surface area contributed by atoms with Gasteiger partial charge in [-0.3, -0.25) is 9.24 Å². The van der Waals surface area contributed by atoms with Gasteiger partial charge in [-0.05, 0) is 103 Å². The highest BCUT2D eigenvalue weighted by Gasteiger charge is 2.44. The average molecular weight is 857 g/mol. The first-order valence-electron chi connectivity index (χ1n) is 21.3. The molecule has 12 rings (SSSR count). The van der Waals surface area contributed by atoms with Crippen molar-refractivity contribution >= 4 is 73.6 Å². The van der Waals surface area contributed by atoms with Gasteiger partial charge in [-0.15, -0.1) is 0 Å². The van der Waals surface area contributed by atoms with Crippen LogP contribution in [0.2, 0.25) is 0 Å². The normalized spacial score (nSPS) is 14.6. The Labute approximate surface area is 375 Å². The Bertz CT molecular complexity index is 3550. The molecule has 0 saturated carbocycles. The molecule has 1 atom stereocenters. The third-order valence-corrected chi connectivity index (χ3v) is 16.2. The lowest BCUT2D eigenvalue weighted by molar-refractivity contribution is 0.585. The van der Waals surface area contributed by atoms with E-state index < -0.39 is 7.29 Å². The lowest BCUT2D eigenvalue weighted by Gasteiger charge is -2.33. The third-order valence-electron chi connectivity index (χ3n) is 12.1. The van der Waals surface area contributed by atoms with Crippen molar-refractivity contribution in [2.45, 2.75) is 9.79 Å². The Morgan fingerprint density at radius 3 is 1.45 bits per heavy atom. The van der Waals surface area contributed by atoms with Crippen LogP contribution in [0.4, 0.5) is 11.4 Å². The predicted octanol–water partition coefficient (Wildman–Crippen LogP) is 14.5. The number of hydrogen-bond donors (Lipinski definition) is 0. The molecule has 0 amide bonds. The second kappa shape index (κ2) is 15.6. The van der Waals surface area contributed by atoms with Crippen LogP contribution in [0.3, 0.4) is 0 Å². The van der Waals surface area contributed by atoms with Crippen LogP contribution in [-0.4, -0.2) is 15.0 Å². The fourth-order valence-corrected chi connectivity index (χ4v) is 13.3. The molecule has 1 unspecified atom stereocenters. The Kier molecular flexibility index (Phi) is 9.29. The van der Waals surface area contributed by atoms with E-state index in [-0.39, 0.29) is 5.57 Å². The first-order chi connectivity index (χ1) is 31.6. The van der Waals surface area contributed by atoms with Crippen LogP contribution in [0.15, 0.2) is 234 Å². The molecule has 2 heterocycles. The molecule has 0 spiro atoms. The first-order valence-corrected chi connectivity index (χ1v) is 23.8. The van der Waals surface area contributed by atoms with Gasteiger partial charge in [-0.1, -0.05) is 188 Å². The fraction of sp³-hybridized carbons (Fsp3) is 0. The van der Waals surface area contributed by atoms with Crippen LogP contribution in [-0.2, 0) is 4.57 Å². The molecule has 1 aliphatic rings. The predicted molar refractivity (Wildman–Crippen MR) is 267 cm³/mol. The third kappa shape index (κ3) is 6.42. The van der Waals surface area contributed by atoms with E-state index in [1.807, 2.05) is 114 Å². The number of para-hydroxylation sites is 1. The van der Waals surface area contributed by atoms with Gasteiger partial charge in [0.05, 0.1) is 11.0 Å². The highest BCUT2D eigenvalue weighted by atomic mass is 32.2. The first kappa shape index (κ1) is 38.1. The van der Waals surface area contributed by atoms with Gasteiger partial charge in [0.1, 0.15) is 0 Å². The summed E-state index contributed by atoms with van der Waals surface area (Å²) >= 11 is 1.63. The van der Waals surface area contributed by atoms with Gasteiger partial charge in [0.15, 0.2) is 11.6 Å². The lowest BCUT2D eigenvalue weighted by atomic mass is 9.91. The molecule has 7 heteroatoms. The summed E-state index contributed by atoms with van der Waals surface area (Å²) in [5.74, 6) is 0.927. The van der Waals surface area contributed by atoms with Crippen molar-refractivity contribution < 1.29 is 4.57 Å². The van der Waals surface area contributed by atoms with E-state index in [1.165, 1.54) is 32.3 Å². The molecule has 0 aliphatic carbocycles. The summed E-state index contributed by atoms with van der Waals surface area (Å²) in [6.07, 6.45) is 0. The number of anilines is 2. The van der Waals surface area contributed by atoms with E-state index in [9.17, 15) is 0 Å². The summed E-state index contributed by atoms with van der Waals surface area (Å²) in [5.41, 5.74) is 7.89. The van der Waals surface area contributed by atoms with Crippen molar-refractivity contribution in [2.75, 3.05) is 4.67 Å². The Hall–Kier alpha value is -7.63. The van der Waals surface area contributed by atoms with Crippen LogP contribution in [0.5, 0.6) is 0 Å². The highest BCUT2D eigenvalue weighted by Crippen LogP contribution is 2.60. The molecule has 10 aromatic carbocycles. The Morgan fingerprint density at radius 2 is 0.828 bits per heavy atom. The van der Waals surface area contributed by atoms with Crippen LogP contribution in [0.25, 0.3) is 77.3 Å². The zero-order chi connectivity index (χ0) is 42.6. The highest BCUT2D eigenvalue weighted by molar-refractivity contribution is 8.00. The van der Waals surface area contributed by atoms with Crippen LogP contribution < -0.4 is 15.5 Å². The molecule has 1 aromatic heterocycles. The topological polar surface area (TPSA) is 59.0 Å². The molecule has 0 fully saturated rings. The minimum Gasteiger partial charge on any atom is -0.286 e. The molecule has 0 radical (unpaired) electrons. The standard InChI is InChI=1S/C57H37N4OPS/c62-63(57-59-55(38-17-4-1-5-18-38)58-56(60-57)39-19-6-2-7-20-39)52-29-14-15-30-53(52)64-54-37-43(32-34-51(54)61(63)44-23-8-3-9-24-44)41-22-16-21-40(35-41)42-31-33-49-47-27-11-10-25-45(47)46-26-12-13-28-48(46)50(49)36-42/h1-37H. The summed E-state index contributed by atoms with van der Waals surface area (Å²) in [6, 6.07) is 77.2. The smallest absolute Gasteiger partial charge is 0.271 e. The quantitative estimate of drug-likeness (QED) is 0.123. The molecule has 11 aromatic rings. The minimum absolute atomic E-state index is 0.220. The number of aromatic nitrogens is 3. The van der Waals surface area contributed by atoms with Crippen LogP contribution >= 0.6 is 19.1 Å². The lowest BCUT2D eigenvalue weighted by Crippen LogP contribution is -2.33. The van der Waals surface area contributed by atoms with Crippen molar-refractivity contribution in [2.24, 2.45) is 0 Å². The molecule has 0 bridgehead atoms. The van der Waals surface area contributed by atoms with Crippen molar-refractivity contribution in [3.05, 3.63) is 224 Å². The molecule has 302 valence electrons. The summed E-state index contributed by atoms with van der Waals surface area (Å²) in [6.45, 7) is 0. The van der Waals surface area contributed by atoms with Crippen molar-refractivity contribution in [1.29, 1.82) is 0 Å². The summed E-state index contributed by atoms with van der Waals surface area (Å²) in [7, 11) is -3.90. The minimum atomic E-state index is -3.90. The van der Waals surface area contributed by atoms with Gasteiger partial charge < -0.3 is 0 Å². The molecule has 1 aliphatic heterocycles. The van der Waals surface area contributed by atoms with Gasteiger partial charge in [0.2, 0.25) is 5.57 Å². The van der Waals surface area contributed by atoms with Crippen LogP contribution in [0, 0.1) is 0 Å². The number of nitrogens with zero attached hydrogens (tertiary/aromatic N) is 4. The number of fused-ring (bicyclic) bond motifs is 8. The maximum absolute atomic E-state index is 16.9. The van der Waals surface area contributed by atoms with Gasteiger partial charge in [0, 0.05) is 26.6 Å². The molecule has 64 heavy (non-hydrogen) atoms. The maximum atomic E-state index is 16.9. The van der Waals surface area contributed by atoms with E-state index in [4.69, 9.17) is 15.0 Å². The maximum Gasteiger partial charge on any atom is 0.271 e. The van der Waals surface area contributed by atoms with Crippen LogP contribution in [0.1, 0.15) is 0 Å². The largest absolute Gasteiger partial charge is 0.286 e. The summed E-state index contributed by atoms with van der Waals surface area (Å²) in [4.78, 5) is 17.1. The fourth-order valence-electron chi connectivity index (χ4n) is 9.09. The molecular formula is C57H37N4OPS. The Balaban J connectivity index is 1.02. The van der Waals surface area contributed by atoms with E-state index in [1.54, 1.807) is 11.8 Å². The van der Waals surface area contributed by atoms with Gasteiger partial charge in [-0.2, -0.15) is 0 Å². The second-order valence-electron chi connectivity index (χ2n) is 15.9. The monoisotopic (exact) mass is 856 g/mol. The number of benzene rings is 10. The van der Waals surface area contributed by atoms with Gasteiger partial charge >= 0.3 is 0 Å². The van der Waals surface area contributed by atoms with E-state index >= 15 is 4.57 Å². The summed E-state index contributed by atoms with van der Waals surface area (Å²) in [5, 5.41) is 8.21. The van der Waals surface area contributed by atoms with Gasteiger partial charge in [0.25, 0.3) is 7.29 Å². The molecule has 0 N–H and O–H groups in total. The molecular weight excluding hydrogens is 820 g/mol. The van der Waals surface area contributed by atoms with E-state index in [0.717, 1.165) is 54.5 Å². The van der Waals surface area contributed by atoms with Crippen molar-refractivity contribution in [1.82, 2.24) is 15.0 Å². The van der Waals surface area contributed by atoms with Crippen molar-refractivity contribution in [3.8, 4) is 45.0 Å². The summed E-state index contributed by atoms with van der Waals surface area (Å²) < 4.78 is 18.9. The van der Waals surface area contributed by atoms with Crippen molar-refractivity contribution in [3.63, 3.8) is 0 Å². The zero-order valence-corrected chi connectivity index (χ0v) is 36.1. The SMILES string of the molecule is O=P1(c2nc(-c3ccccc3)nc(-c3ccccc3)n2)c2ccccc2Sc2cc(-c3cccc(-c4ccc5c6ccccc6c6ccccc6c5c4)c3)ccc2N1c1ccccc1. The second-order valence-corrected chi connectivity index (χ2v) is 19.4. The zero-order valence-electron chi connectivity index (χ0n) is 34.4. The number of rotatable bonds is 6. The van der Waals surface area contributed by atoms with Gasteiger partial charge in [-0.25, -0.2) is 15.0 Å². The Morgan fingerprint density at radius 1 is 0.359 bits per heavy atom. The average Bonchev–Trinajstić information content (AvgIpc) is 3.48. The molecule has 5 nitrogen and oxygen atoms in total. The van der Waals surface area contributed by atoms with E-state index in [0.29, 0.717) is 17.0 Å².